The highest BCUT2D eigenvalue weighted by Crippen LogP contribution is 2.43. The van der Waals surface area contributed by atoms with Crippen molar-refractivity contribution in [1.29, 1.82) is 0 Å². The first kappa shape index (κ1) is 21.2. The van der Waals surface area contributed by atoms with Crippen molar-refractivity contribution in [2.45, 2.75) is 18.0 Å². The largest absolute Gasteiger partial charge is 0.394 e. The van der Waals surface area contributed by atoms with Crippen LogP contribution in [0.1, 0.15) is 11.5 Å². The minimum atomic E-state index is -0.313. The number of aliphatic hydroxyl groups is 1. The van der Waals surface area contributed by atoms with Gasteiger partial charge in [-0.05, 0) is 41.0 Å². The Morgan fingerprint density at radius 3 is 2.24 bits per heavy atom. The van der Waals surface area contributed by atoms with Crippen LogP contribution in [0.15, 0.2) is 78.9 Å². The van der Waals surface area contributed by atoms with Gasteiger partial charge >= 0.3 is 6.03 Å². The van der Waals surface area contributed by atoms with Crippen LogP contribution >= 0.6 is 0 Å². The van der Waals surface area contributed by atoms with E-state index in [9.17, 15) is 19.1 Å². The maximum absolute atomic E-state index is 13.2. The normalized spacial score (nSPS) is 21.9. The highest BCUT2D eigenvalue weighted by atomic mass is 19.1. The zero-order valence-corrected chi connectivity index (χ0v) is 17.9. The first-order chi connectivity index (χ1) is 16.0. The fourth-order valence-corrected chi connectivity index (χ4v) is 4.92. The van der Waals surface area contributed by atoms with Gasteiger partial charge in [-0.3, -0.25) is 4.79 Å². The molecule has 2 saturated heterocycles. The SMILES string of the molecule is O=C(Nc1ccccc1)N1CC(=O)N2[C@H](CO)[C@H](c3ccc(-c4ccc(F)cc4)cc3)[C@@H]2C1. The molecule has 3 amide bonds. The molecule has 0 spiro atoms. The number of nitrogens with zero attached hydrogens (tertiary/aromatic N) is 2. The monoisotopic (exact) mass is 445 g/mol. The zero-order chi connectivity index (χ0) is 22.9. The predicted molar refractivity (Wildman–Crippen MR) is 123 cm³/mol. The van der Waals surface area contributed by atoms with E-state index in [0.29, 0.717) is 12.2 Å². The van der Waals surface area contributed by atoms with Gasteiger partial charge in [0.15, 0.2) is 0 Å². The predicted octanol–water partition coefficient (Wildman–Crippen LogP) is 3.70. The molecule has 3 aromatic rings. The molecule has 6 nitrogen and oxygen atoms in total. The van der Waals surface area contributed by atoms with Crippen LogP contribution in [-0.4, -0.2) is 58.6 Å². The lowest BCUT2D eigenvalue weighted by Crippen LogP contribution is -2.73. The second-order valence-corrected chi connectivity index (χ2v) is 8.45. The fraction of sp³-hybridized carbons (Fsp3) is 0.231. The summed E-state index contributed by atoms with van der Waals surface area (Å²) in [6, 6.07) is 22.5. The molecule has 2 aliphatic rings. The molecule has 3 atom stereocenters. The molecule has 2 fully saturated rings. The standard InChI is InChI=1S/C26H24FN3O3/c27-20-12-10-18(11-13-20)17-6-8-19(9-7-17)25-22-14-29(15-24(32)30(22)23(25)16-31)26(33)28-21-4-2-1-3-5-21/h1-13,22-23,25,31H,14-16H2,(H,28,33)/t22-,23+,25+/m0/s1. The molecule has 2 heterocycles. The molecule has 3 aromatic carbocycles. The number of amides is 3. The number of carbonyl (C=O) groups excluding carboxylic acids is 2. The van der Waals surface area contributed by atoms with Gasteiger partial charge in [-0.25, -0.2) is 9.18 Å². The molecule has 0 unspecified atom stereocenters. The molecule has 33 heavy (non-hydrogen) atoms. The Bertz CT molecular complexity index is 1150. The van der Waals surface area contributed by atoms with Crippen LogP contribution in [0.5, 0.6) is 0 Å². The number of rotatable bonds is 4. The number of urea groups is 1. The van der Waals surface area contributed by atoms with Gasteiger partial charge in [0.2, 0.25) is 5.91 Å². The second kappa shape index (κ2) is 8.67. The molecule has 0 radical (unpaired) electrons. The molecule has 2 aliphatic heterocycles. The van der Waals surface area contributed by atoms with Crippen LogP contribution in [0, 0.1) is 5.82 Å². The van der Waals surface area contributed by atoms with Crippen LogP contribution in [0.25, 0.3) is 11.1 Å². The Morgan fingerprint density at radius 2 is 1.61 bits per heavy atom. The quantitative estimate of drug-likeness (QED) is 0.643. The third-order valence-electron chi connectivity index (χ3n) is 6.54. The van der Waals surface area contributed by atoms with E-state index in [-0.39, 0.29) is 48.9 Å². The summed E-state index contributed by atoms with van der Waals surface area (Å²) in [5.74, 6) is -0.514. The van der Waals surface area contributed by atoms with E-state index >= 15 is 0 Å². The Balaban J connectivity index is 1.34. The summed E-state index contributed by atoms with van der Waals surface area (Å²) in [4.78, 5) is 28.8. The molecular weight excluding hydrogens is 421 g/mol. The maximum atomic E-state index is 13.2. The highest BCUT2D eigenvalue weighted by Gasteiger charge is 2.54. The van der Waals surface area contributed by atoms with E-state index < -0.39 is 0 Å². The van der Waals surface area contributed by atoms with Crippen molar-refractivity contribution in [1.82, 2.24) is 9.80 Å². The van der Waals surface area contributed by atoms with Gasteiger partial charge in [0.05, 0.1) is 18.7 Å². The molecule has 0 saturated carbocycles. The van der Waals surface area contributed by atoms with Gasteiger partial charge in [-0.15, -0.1) is 0 Å². The maximum Gasteiger partial charge on any atom is 0.322 e. The van der Waals surface area contributed by atoms with Crippen molar-refractivity contribution in [2.24, 2.45) is 0 Å². The molecule has 0 aromatic heterocycles. The van der Waals surface area contributed by atoms with Crippen LogP contribution in [0.3, 0.4) is 0 Å². The number of nitrogens with one attached hydrogen (secondary N) is 1. The van der Waals surface area contributed by atoms with E-state index in [1.807, 2.05) is 42.5 Å². The Morgan fingerprint density at radius 1 is 0.970 bits per heavy atom. The average molecular weight is 445 g/mol. The minimum absolute atomic E-state index is 0.0120. The number of hydrogen-bond acceptors (Lipinski definition) is 3. The van der Waals surface area contributed by atoms with Gasteiger partial charge in [0.1, 0.15) is 12.4 Å². The summed E-state index contributed by atoms with van der Waals surface area (Å²) >= 11 is 0. The second-order valence-electron chi connectivity index (χ2n) is 8.45. The van der Waals surface area contributed by atoms with Crippen molar-refractivity contribution < 1.29 is 19.1 Å². The Kier molecular flexibility index (Phi) is 5.56. The third kappa shape index (κ3) is 3.96. The smallest absolute Gasteiger partial charge is 0.322 e. The molecule has 5 rings (SSSR count). The fourth-order valence-electron chi connectivity index (χ4n) is 4.92. The third-order valence-corrected chi connectivity index (χ3v) is 6.54. The molecule has 2 N–H and O–H groups in total. The van der Waals surface area contributed by atoms with Crippen LogP contribution < -0.4 is 5.32 Å². The van der Waals surface area contributed by atoms with E-state index in [1.165, 1.54) is 17.0 Å². The van der Waals surface area contributed by atoms with Gasteiger partial charge in [-0.2, -0.15) is 0 Å². The lowest BCUT2D eigenvalue weighted by atomic mass is 9.73. The van der Waals surface area contributed by atoms with Crippen LogP contribution in [-0.2, 0) is 4.79 Å². The average Bonchev–Trinajstić information content (AvgIpc) is 2.82. The van der Waals surface area contributed by atoms with Gasteiger partial charge in [0.25, 0.3) is 0 Å². The van der Waals surface area contributed by atoms with Crippen molar-refractivity contribution >= 4 is 17.6 Å². The summed E-state index contributed by atoms with van der Waals surface area (Å²) in [5.41, 5.74) is 3.54. The summed E-state index contributed by atoms with van der Waals surface area (Å²) in [6.45, 7) is 0.246. The lowest BCUT2D eigenvalue weighted by molar-refractivity contribution is -0.159. The highest BCUT2D eigenvalue weighted by molar-refractivity contribution is 5.93. The number of piperazine rings is 1. The van der Waals surface area contributed by atoms with Crippen molar-refractivity contribution in [3.05, 3.63) is 90.2 Å². The summed E-state index contributed by atoms with van der Waals surface area (Å²) in [7, 11) is 0. The van der Waals surface area contributed by atoms with E-state index in [1.54, 1.807) is 29.2 Å². The number of carbonyl (C=O) groups is 2. The lowest BCUT2D eigenvalue weighted by Gasteiger charge is -2.58. The number of hydrogen-bond donors (Lipinski definition) is 2. The number of benzene rings is 3. The number of halogens is 1. The van der Waals surface area contributed by atoms with Gasteiger partial charge in [0, 0.05) is 18.2 Å². The molecule has 0 aliphatic carbocycles. The summed E-state index contributed by atoms with van der Waals surface area (Å²) in [5, 5.41) is 12.8. The van der Waals surface area contributed by atoms with Crippen LogP contribution in [0.4, 0.5) is 14.9 Å². The molecule has 7 heteroatoms. The Hall–Kier alpha value is -3.71. The van der Waals surface area contributed by atoms with E-state index in [0.717, 1.165) is 16.7 Å². The van der Waals surface area contributed by atoms with Gasteiger partial charge < -0.3 is 20.2 Å². The van der Waals surface area contributed by atoms with Crippen molar-refractivity contribution in [2.75, 3.05) is 25.0 Å². The Labute approximate surface area is 191 Å². The number of para-hydroxylation sites is 1. The first-order valence-electron chi connectivity index (χ1n) is 10.9. The molecular formula is C26H24FN3O3. The van der Waals surface area contributed by atoms with E-state index in [4.69, 9.17) is 0 Å². The van der Waals surface area contributed by atoms with Crippen molar-refractivity contribution in [3.8, 4) is 11.1 Å². The zero-order valence-electron chi connectivity index (χ0n) is 17.9. The van der Waals surface area contributed by atoms with Crippen molar-refractivity contribution in [3.63, 3.8) is 0 Å². The number of aliphatic hydroxyl groups excluding tert-OH is 1. The van der Waals surface area contributed by atoms with Crippen LogP contribution in [0.2, 0.25) is 0 Å². The summed E-state index contributed by atoms with van der Waals surface area (Å²) < 4.78 is 13.2. The number of fused-ring (bicyclic) bond motifs is 1. The molecule has 168 valence electrons. The summed E-state index contributed by atoms with van der Waals surface area (Å²) in [6.07, 6.45) is 0. The molecule has 0 bridgehead atoms. The first-order valence-corrected chi connectivity index (χ1v) is 10.9. The van der Waals surface area contributed by atoms with E-state index in [2.05, 4.69) is 5.32 Å². The minimum Gasteiger partial charge on any atom is -0.394 e. The number of anilines is 1. The van der Waals surface area contributed by atoms with Gasteiger partial charge in [-0.1, -0.05) is 54.6 Å². The topological polar surface area (TPSA) is 72.9 Å².